The SMILES string of the molecule is Nc1cc(S(=O)(=O)NC(C2CC2)C2CC2)ccc1F. The zero-order chi connectivity index (χ0) is 13.6. The minimum absolute atomic E-state index is 0.0382. The van der Waals surface area contributed by atoms with E-state index in [9.17, 15) is 12.8 Å². The number of nitrogen functional groups attached to an aromatic ring is 1. The fourth-order valence-electron chi connectivity index (χ4n) is 2.42. The first-order valence-corrected chi connectivity index (χ1v) is 8.03. The summed E-state index contributed by atoms with van der Waals surface area (Å²) < 4.78 is 40.4. The Morgan fingerprint density at radius 3 is 2.26 bits per heavy atom. The van der Waals surface area contributed by atoms with Crippen LogP contribution in [0.1, 0.15) is 25.7 Å². The maximum Gasteiger partial charge on any atom is 0.240 e. The van der Waals surface area contributed by atoms with Gasteiger partial charge in [-0.15, -0.1) is 0 Å². The maximum absolute atomic E-state index is 13.1. The molecule has 6 heteroatoms. The van der Waals surface area contributed by atoms with Crippen molar-refractivity contribution in [1.29, 1.82) is 0 Å². The summed E-state index contributed by atoms with van der Waals surface area (Å²) in [7, 11) is -3.61. The second kappa shape index (κ2) is 4.45. The van der Waals surface area contributed by atoms with Crippen LogP contribution in [0.5, 0.6) is 0 Å². The molecule has 2 aliphatic carbocycles. The monoisotopic (exact) mass is 284 g/mol. The van der Waals surface area contributed by atoms with Gasteiger partial charge in [-0.3, -0.25) is 0 Å². The molecular formula is C13H17FN2O2S. The van der Waals surface area contributed by atoms with E-state index >= 15 is 0 Å². The Balaban J connectivity index is 1.82. The van der Waals surface area contributed by atoms with Crippen LogP contribution in [0.3, 0.4) is 0 Å². The number of sulfonamides is 1. The van der Waals surface area contributed by atoms with Crippen LogP contribution in [-0.2, 0) is 10.0 Å². The molecule has 0 radical (unpaired) electrons. The van der Waals surface area contributed by atoms with Gasteiger partial charge in [-0.25, -0.2) is 17.5 Å². The molecule has 4 nitrogen and oxygen atoms in total. The zero-order valence-corrected chi connectivity index (χ0v) is 11.3. The highest BCUT2D eigenvalue weighted by molar-refractivity contribution is 7.89. The lowest BCUT2D eigenvalue weighted by molar-refractivity contribution is 0.471. The number of hydrogen-bond acceptors (Lipinski definition) is 3. The summed E-state index contributed by atoms with van der Waals surface area (Å²) in [6.07, 6.45) is 4.37. The summed E-state index contributed by atoms with van der Waals surface area (Å²) >= 11 is 0. The van der Waals surface area contributed by atoms with Crippen LogP contribution >= 0.6 is 0 Å². The third-order valence-corrected chi connectivity index (χ3v) is 5.29. The highest BCUT2D eigenvalue weighted by Gasteiger charge is 2.43. The fraction of sp³-hybridized carbons (Fsp3) is 0.538. The van der Waals surface area contributed by atoms with Crippen molar-refractivity contribution in [3.63, 3.8) is 0 Å². The first-order chi connectivity index (χ1) is 8.97. The minimum atomic E-state index is -3.61. The Morgan fingerprint density at radius 2 is 1.79 bits per heavy atom. The van der Waals surface area contributed by atoms with Crippen LogP contribution in [0.4, 0.5) is 10.1 Å². The third kappa shape index (κ3) is 2.74. The molecule has 0 aliphatic heterocycles. The third-order valence-electron chi connectivity index (χ3n) is 3.83. The van der Waals surface area contributed by atoms with Crippen LogP contribution in [0, 0.1) is 17.7 Å². The second-order valence-corrected chi connectivity index (χ2v) is 7.22. The lowest BCUT2D eigenvalue weighted by Crippen LogP contribution is -2.38. The summed E-state index contributed by atoms with van der Waals surface area (Å²) in [4.78, 5) is 0.0395. The van der Waals surface area contributed by atoms with E-state index in [1.54, 1.807) is 0 Å². The van der Waals surface area contributed by atoms with Crippen molar-refractivity contribution < 1.29 is 12.8 Å². The van der Waals surface area contributed by atoms with Crippen molar-refractivity contribution >= 4 is 15.7 Å². The van der Waals surface area contributed by atoms with Crippen LogP contribution in [0.2, 0.25) is 0 Å². The minimum Gasteiger partial charge on any atom is -0.396 e. The molecule has 104 valence electrons. The van der Waals surface area contributed by atoms with Gasteiger partial charge >= 0.3 is 0 Å². The van der Waals surface area contributed by atoms with Crippen molar-refractivity contribution in [2.75, 3.05) is 5.73 Å². The van der Waals surface area contributed by atoms with Crippen molar-refractivity contribution in [3.8, 4) is 0 Å². The molecule has 1 aromatic carbocycles. The summed E-state index contributed by atoms with van der Waals surface area (Å²) in [5.74, 6) is 0.347. The van der Waals surface area contributed by atoms with Crippen molar-refractivity contribution in [3.05, 3.63) is 24.0 Å². The quantitative estimate of drug-likeness (QED) is 0.811. The Hall–Kier alpha value is -1.14. The molecule has 2 fully saturated rings. The topological polar surface area (TPSA) is 72.2 Å². The number of rotatable bonds is 5. The van der Waals surface area contributed by atoms with Gasteiger partial charge in [-0.1, -0.05) is 0 Å². The van der Waals surface area contributed by atoms with E-state index < -0.39 is 15.8 Å². The van der Waals surface area contributed by atoms with Crippen molar-refractivity contribution in [1.82, 2.24) is 4.72 Å². The summed E-state index contributed by atoms with van der Waals surface area (Å²) in [5, 5.41) is 0. The van der Waals surface area contributed by atoms with E-state index in [0.29, 0.717) is 11.8 Å². The van der Waals surface area contributed by atoms with Gasteiger partial charge in [0.05, 0.1) is 10.6 Å². The van der Waals surface area contributed by atoms with E-state index in [-0.39, 0.29) is 16.6 Å². The highest BCUT2D eigenvalue weighted by atomic mass is 32.2. The van der Waals surface area contributed by atoms with Crippen molar-refractivity contribution in [2.24, 2.45) is 11.8 Å². The summed E-state index contributed by atoms with van der Waals surface area (Å²) in [6, 6.07) is 3.56. The van der Waals surface area contributed by atoms with Gasteiger partial charge < -0.3 is 5.73 Å². The Labute approximate surface area is 112 Å². The lowest BCUT2D eigenvalue weighted by Gasteiger charge is -2.17. The fourth-order valence-corrected chi connectivity index (χ4v) is 3.83. The molecule has 0 atom stereocenters. The predicted molar refractivity (Wildman–Crippen MR) is 70.4 cm³/mol. The molecule has 3 rings (SSSR count). The molecule has 0 aromatic heterocycles. The number of halogens is 1. The van der Waals surface area contributed by atoms with Crippen LogP contribution in [-0.4, -0.2) is 14.5 Å². The average Bonchev–Trinajstić information content (AvgIpc) is 3.23. The molecule has 2 aliphatic rings. The molecule has 0 unspecified atom stereocenters. The maximum atomic E-state index is 13.1. The normalized spacial score (nSPS) is 19.9. The van der Waals surface area contributed by atoms with Gasteiger partial charge in [0.25, 0.3) is 0 Å². The molecule has 0 spiro atoms. The van der Waals surface area contributed by atoms with Gasteiger partial charge in [0.2, 0.25) is 10.0 Å². The number of anilines is 1. The number of nitrogens with two attached hydrogens (primary N) is 1. The first-order valence-electron chi connectivity index (χ1n) is 6.55. The van der Waals surface area contributed by atoms with Crippen LogP contribution < -0.4 is 10.5 Å². The van der Waals surface area contributed by atoms with Gasteiger partial charge in [0.1, 0.15) is 5.82 Å². The molecule has 2 saturated carbocycles. The number of benzene rings is 1. The van der Waals surface area contributed by atoms with E-state index in [1.165, 1.54) is 12.1 Å². The summed E-state index contributed by atoms with van der Waals surface area (Å²) in [5.41, 5.74) is 5.28. The van der Waals surface area contributed by atoms with Gasteiger partial charge in [0, 0.05) is 6.04 Å². The molecule has 0 heterocycles. The van der Waals surface area contributed by atoms with Gasteiger partial charge in [0.15, 0.2) is 0 Å². The predicted octanol–water partition coefficient (Wildman–Crippen LogP) is 1.87. The van der Waals surface area contributed by atoms with Gasteiger partial charge in [-0.05, 0) is 55.7 Å². The Morgan fingerprint density at radius 1 is 1.21 bits per heavy atom. The van der Waals surface area contributed by atoms with Crippen LogP contribution in [0.25, 0.3) is 0 Å². The van der Waals surface area contributed by atoms with E-state index in [2.05, 4.69) is 4.72 Å². The molecule has 0 bridgehead atoms. The molecule has 3 N–H and O–H groups in total. The van der Waals surface area contributed by atoms with Crippen molar-refractivity contribution in [2.45, 2.75) is 36.6 Å². The highest BCUT2D eigenvalue weighted by Crippen LogP contribution is 2.45. The molecule has 0 saturated heterocycles. The summed E-state index contributed by atoms with van der Waals surface area (Å²) in [6.45, 7) is 0. The molecule has 1 aromatic rings. The molecular weight excluding hydrogens is 267 g/mol. The zero-order valence-electron chi connectivity index (χ0n) is 10.5. The number of hydrogen-bond donors (Lipinski definition) is 2. The Kier molecular flexibility index (Phi) is 3.02. The lowest BCUT2D eigenvalue weighted by atomic mass is 10.1. The largest absolute Gasteiger partial charge is 0.396 e. The molecule has 19 heavy (non-hydrogen) atoms. The standard InChI is InChI=1S/C13H17FN2O2S/c14-11-6-5-10(7-12(11)15)19(17,18)16-13(8-1-2-8)9-3-4-9/h5-9,13,16H,1-4,15H2. The smallest absolute Gasteiger partial charge is 0.240 e. The molecule has 0 amide bonds. The Bertz CT molecular complexity index is 583. The van der Waals surface area contributed by atoms with E-state index in [0.717, 1.165) is 31.7 Å². The number of nitrogens with one attached hydrogen (secondary N) is 1. The van der Waals surface area contributed by atoms with E-state index in [4.69, 9.17) is 5.73 Å². The second-order valence-electron chi connectivity index (χ2n) is 5.51. The average molecular weight is 284 g/mol. The van der Waals surface area contributed by atoms with Gasteiger partial charge in [-0.2, -0.15) is 0 Å². The first kappa shape index (κ1) is 12.9. The van der Waals surface area contributed by atoms with Crippen LogP contribution in [0.15, 0.2) is 23.1 Å². The van der Waals surface area contributed by atoms with E-state index in [1.807, 2.05) is 0 Å².